The topological polar surface area (TPSA) is 127 Å². The molecule has 3 N–H and O–H groups in total. The predicted molar refractivity (Wildman–Crippen MR) is 108 cm³/mol. The molecule has 30 heavy (non-hydrogen) atoms. The van der Waals surface area contributed by atoms with Crippen molar-refractivity contribution >= 4 is 23.6 Å². The number of aromatic nitrogens is 4. The third-order valence-corrected chi connectivity index (χ3v) is 7.67. The van der Waals surface area contributed by atoms with Crippen LogP contribution in [0.15, 0.2) is 24.3 Å². The van der Waals surface area contributed by atoms with Gasteiger partial charge in [0.1, 0.15) is 29.2 Å². The van der Waals surface area contributed by atoms with Gasteiger partial charge in [-0.25, -0.2) is 0 Å². The molecule has 10 nitrogen and oxygen atoms in total. The van der Waals surface area contributed by atoms with Gasteiger partial charge in [0.2, 0.25) is 11.8 Å². The molecular formula is C19H23N7O3S. The van der Waals surface area contributed by atoms with Crippen molar-refractivity contribution in [3.8, 4) is 5.75 Å². The minimum atomic E-state index is -0.707. The fourth-order valence-electron chi connectivity index (χ4n) is 4.81. The zero-order chi connectivity index (χ0) is 21.4. The number of carbonyl (C=O) groups is 2. The number of nitrogens with zero attached hydrogens (tertiary/aromatic N) is 5. The van der Waals surface area contributed by atoms with Crippen LogP contribution >= 0.6 is 11.8 Å². The third-order valence-electron chi connectivity index (χ3n) is 6.11. The van der Waals surface area contributed by atoms with Gasteiger partial charge < -0.3 is 14.9 Å². The lowest BCUT2D eigenvalue weighted by Gasteiger charge is -2.50. The number of phenols is 1. The molecule has 0 bridgehead atoms. The van der Waals surface area contributed by atoms with Crippen LogP contribution in [0.3, 0.4) is 0 Å². The molecule has 2 aromatic rings. The maximum Gasteiger partial charge on any atom is 0.250 e. The summed E-state index contributed by atoms with van der Waals surface area (Å²) < 4.78 is -0.324. The first kappa shape index (κ1) is 19.3. The number of hydrogen-bond acceptors (Lipinski definition) is 8. The molecule has 0 aliphatic carbocycles. The molecule has 11 heteroatoms. The number of rotatable bonds is 3. The van der Waals surface area contributed by atoms with Crippen molar-refractivity contribution in [1.82, 2.24) is 35.7 Å². The highest BCUT2D eigenvalue weighted by atomic mass is 32.2. The van der Waals surface area contributed by atoms with E-state index in [-0.39, 0.29) is 33.7 Å². The summed E-state index contributed by atoms with van der Waals surface area (Å²) in [6.45, 7) is 7.91. The summed E-state index contributed by atoms with van der Waals surface area (Å²) in [5.41, 5.74) is 0.0436. The van der Waals surface area contributed by atoms with E-state index in [0.717, 1.165) is 5.56 Å². The van der Waals surface area contributed by atoms with Crippen molar-refractivity contribution < 1.29 is 14.7 Å². The lowest BCUT2D eigenvalue weighted by Crippen LogP contribution is -2.71. The van der Waals surface area contributed by atoms with Crippen molar-refractivity contribution in [3.63, 3.8) is 0 Å². The summed E-state index contributed by atoms with van der Waals surface area (Å²) in [6.07, 6.45) is 0. The lowest BCUT2D eigenvalue weighted by atomic mass is 9.93. The zero-order valence-corrected chi connectivity index (χ0v) is 17.8. The number of H-pyrrole nitrogens is 1. The molecule has 3 fully saturated rings. The maximum atomic E-state index is 13.4. The summed E-state index contributed by atoms with van der Waals surface area (Å²) in [5.74, 6) is 0.365. The molecule has 2 amide bonds. The molecule has 3 unspecified atom stereocenters. The summed E-state index contributed by atoms with van der Waals surface area (Å²) in [5, 5.41) is 27.0. The van der Waals surface area contributed by atoms with Crippen molar-refractivity contribution in [2.75, 3.05) is 0 Å². The molecule has 0 spiro atoms. The van der Waals surface area contributed by atoms with Gasteiger partial charge in [-0.05, 0) is 45.4 Å². The van der Waals surface area contributed by atoms with E-state index in [0.29, 0.717) is 5.82 Å². The van der Waals surface area contributed by atoms with Crippen molar-refractivity contribution in [2.45, 2.75) is 61.6 Å². The molecule has 4 heterocycles. The van der Waals surface area contributed by atoms with Crippen LogP contribution in [0.1, 0.15) is 51.2 Å². The van der Waals surface area contributed by atoms with E-state index in [2.05, 4.69) is 39.8 Å². The predicted octanol–water partition coefficient (Wildman–Crippen LogP) is 0.918. The summed E-state index contributed by atoms with van der Waals surface area (Å²) >= 11 is 1.65. The highest BCUT2D eigenvalue weighted by molar-refractivity contribution is 8.01. The highest BCUT2D eigenvalue weighted by Gasteiger charge is 2.67. The first-order chi connectivity index (χ1) is 14.1. The van der Waals surface area contributed by atoms with E-state index < -0.39 is 17.7 Å². The Balaban J connectivity index is 1.46. The number of phenolic OH excluding ortho intramolecular Hbond substituents is 1. The van der Waals surface area contributed by atoms with Crippen LogP contribution in [0.25, 0.3) is 0 Å². The van der Waals surface area contributed by atoms with Crippen LogP contribution in [0.5, 0.6) is 5.75 Å². The Morgan fingerprint density at radius 2 is 1.80 bits per heavy atom. The van der Waals surface area contributed by atoms with Gasteiger partial charge in [-0.3, -0.25) is 14.9 Å². The summed E-state index contributed by atoms with van der Waals surface area (Å²) in [4.78, 5) is 30.2. The summed E-state index contributed by atoms with van der Waals surface area (Å²) in [6, 6.07) is 5.11. The van der Waals surface area contributed by atoms with Crippen LogP contribution in [-0.2, 0) is 9.59 Å². The van der Waals surface area contributed by atoms with Crippen molar-refractivity contribution in [2.24, 2.45) is 0 Å². The number of hydrogen-bond donors (Lipinski definition) is 3. The Bertz CT molecular complexity index is 1010. The molecule has 3 aliphatic rings. The van der Waals surface area contributed by atoms with Gasteiger partial charge >= 0.3 is 0 Å². The monoisotopic (exact) mass is 429 g/mol. The Morgan fingerprint density at radius 3 is 2.43 bits per heavy atom. The highest BCUT2D eigenvalue weighted by Crippen LogP contribution is 2.58. The Labute approximate surface area is 177 Å². The number of β-lactam (4-membered cyclic amide) rings is 1. The van der Waals surface area contributed by atoms with Gasteiger partial charge in [0, 0.05) is 4.75 Å². The number of fused-ring (bicyclic) bond motifs is 1. The fraction of sp³-hybridized carbons (Fsp3) is 0.526. The van der Waals surface area contributed by atoms with Gasteiger partial charge in [-0.15, -0.1) is 22.0 Å². The fourth-order valence-corrected chi connectivity index (χ4v) is 6.49. The molecule has 3 aliphatic heterocycles. The largest absolute Gasteiger partial charge is 0.508 e. The Hall–Kier alpha value is -2.66. The van der Waals surface area contributed by atoms with E-state index in [4.69, 9.17) is 0 Å². The second-order valence-corrected chi connectivity index (χ2v) is 10.7. The average Bonchev–Trinajstić information content (AvgIpc) is 3.33. The number of carbonyl (C=O) groups excluding carboxylic acids is 2. The third kappa shape index (κ3) is 2.58. The number of aromatic amines is 1. The van der Waals surface area contributed by atoms with E-state index in [9.17, 15) is 14.7 Å². The van der Waals surface area contributed by atoms with Crippen molar-refractivity contribution in [1.29, 1.82) is 0 Å². The van der Waals surface area contributed by atoms with Crippen LogP contribution in [0.4, 0.5) is 0 Å². The molecule has 0 radical (unpaired) electrons. The Morgan fingerprint density at radius 1 is 1.10 bits per heavy atom. The molecule has 4 atom stereocenters. The van der Waals surface area contributed by atoms with Gasteiger partial charge in [0.25, 0.3) is 0 Å². The first-order valence-corrected chi connectivity index (χ1v) is 10.6. The first-order valence-electron chi connectivity index (χ1n) is 9.75. The minimum absolute atomic E-state index is 0.109. The van der Waals surface area contributed by atoms with Crippen LogP contribution in [0.2, 0.25) is 0 Å². The molecule has 1 aromatic carbocycles. The molecule has 1 aromatic heterocycles. The van der Waals surface area contributed by atoms with E-state index in [1.165, 1.54) is 0 Å². The van der Waals surface area contributed by atoms with Crippen LogP contribution in [-0.4, -0.2) is 69.2 Å². The van der Waals surface area contributed by atoms with Crippen molar-refractivity contribution in [3.05, 3.63) is 35.7 Å². The molecular weight excluding hydrogens is 406 g/mol. The quantitative estimate of drug-likeness (QED) is 0.615. The van der Waals surface area contributed by atoms with Gasteiger partial charge in [0.05, 0.1) is 5.66 Å². The van der Waals surface area contributed by atoms with E-state index >= 15 is 0 Å². The molecule has 158 valence electrons. The minimum Gasteiger partial charge on any atom is -0.508 e. The van der Waals surface area contributed by atoms with E-state index in [1.54, 1.807) is 45.8 Å². The molecule has 0 saturated carbocycles. The SMILES string of the molecule is CC1(C)S[C@H]2C(N3C(=O)C(c4ccc(O)cc4)NC3(C)C)C(=O)N2C1c1nn[nH]n1. The number of nitrogens with one attached hydrogen (secondary N) is 2. The van der Waals surface area contributed by atoms with Gasteiger partial charge in [-0.2, -0.15) is 5.21 Å². The standard InChI is InChI=1S/C19H23N7O3S/c1-18(2)13(14-21-23-24-22-14)25-16(29)12(17(25)30-18)26-15(28)11(20-19(26,3)4)9-5-7-10(27)8-6-9/h5-8,11-13,17,20,27H,1-4H3,(H,21,22,23,24)/t11?,12?,13?,17-/m0/s1. The number of tetrazole rings is 1. The molecule has 5 rings (SSSR count). The summed E-state index contributed by atoms with van der Waals surface area (Å²) in [7, 11) is 0. The maximum absolute atomic E-state index is 13.4. The van der Waals surface area contributed by atoms with Gasteiger partial charge in [0.15, 0.2) is 5.82 Å². The number of amides is 2. The second-order valence-electron chi connectivity index (χ2n) is 8.91. The second kappa shape index (κ2) is 6.17. The number of thioether (sulfide) groups is 1. The number of benzene rings is 1. The lowest BCUT2D eigenvalue weighted by molar-refractivity contribution is -0.165. The van der Waals surface area contributed by atoms with Crippen LogP contribution in [0, 0.1) is 0 Å². The zero-order valence-electron chi connectivity index (χ0n) is 17.0. The number of aromatic hydroxyl groups is 1. The van der Waals surface area contributed by atoms with Gasteiger partial charge in [-0.1, -0.05) is 17.3 Å². The van der Waals surface area contributed by atoms with E-state index in [1.807, 2.05) is 13.8 Å². The van der Waals surface area contributed by atoms with Crippen LogP contribution < -0.4 is 5.32 Å². The Kier molecular flexibility index (Phi) is 3.97. The normalized spacial score (nSPS) is 31.7. The smallest absolute Gasteiger partial charge is 0.250 e. The average molecular weight is 430 g/mol. The molecule has 3 saturated heterocycles.